The number of aliphatic hydroxyl groups excluding tert-OH is 1. The minimum Gasteiger partial charge on any atom is -0.505 e. The van der Waals surface area contributed by atoms with Gasteiger partial charge in [0, 0.05) is 6.42 Å². The van der Waals surface area contributed by atoms with E-state index in [1.54, 1.807) is 6.08 Å². The van der Waals surface area contributed by atoms with Crippen LogP contribution in [-0.4, -0.2) is 16.8 Å². The maximum absolute atomic E-state index is 12.2. The fourth-order valence-corrected chi connectivity index (χ4v) is 2.58. The maximum atomic E-state index is 12.2. The van der Waals surface area contributed by atoms with Crippen LogP contribution in [0.2, 0.25) is 0 Å². The minimum atomic E-state index is -0.511. The molecule has 2 N–H and O–H groups in total. The smallest absolute Gasteiger partial charge is 0.263 e. The van der Waals surface area contributed by atoms with E-state index in [9.17, 15) is 14.7 Å². The topological polar surface area (TPSA) is 66.4 Å². The molecule has 2 rings (SSSR count). The molecule has 0 unspecified atom stereocenters. The van der Waals surface area contributed by atoms with E-state index in [4.69, 9.17) is 0 Å². The molecule has 0 spiro atoms. The molecule has 0 atom stereocenters. The summed E-state index contributed by atoms with van der Waals surface area (Å²) in [5, 5.41) is 12.8. The van der Waals surface area contributed by atoms with E-state index in [1.807, 2.05) is 30.3 Å². The van der Waals surface area contributed by atoms with Gasteiger partial charge in [-0.2, -0.15) is 0 Å². The monoisotopic (exact) mass is 313 g/mol. The Labute approximate surface area is 136 Å². The van der Waals surface area contributed by atoms with Crippen LogP contribution in [0.4, 0.5) is 0 Å². The third kappa shape index (κ3) is 4.55. The van der Waals surface area contributed by atoms with Gasteiger partial charge >= 0.3 is 0 Å². The number of nitrogens with one attached hydrogen (secondary N) is 1. The third-order valence-corrected chi connectivity index (χ3v) is 3.86. The predicted octanol–water partition coefficient (Wildman–Crippen LogP) is 3.90. The van der Waals surface area contributed by atoms with E-state index in [0.717, 1.165) is 37.7 Å². The largest absolute Gasteiger partial charge is 0.505 e. The lowest BCUT2D eigenvalue weighted by Gasteiger charge is -2.01. The van der Waals surface area contributed by atoms with E-state index in [0.29, 0.717) is 6.42 Å². The van der Waals surface area contributed by atoms with E-state index in [-0.39, 0.29) is 22.8 Å². The van der Waals surface area contributed by atoms with Crippen molar-refractivity contribution in [2.75, 3.05) is 0 Å². The summed E-state index contributed by atoms with van der Waals surface area (Å²) in [6.45, 7) is 2.14. The molecule has 23 heavy (non-hydrogen) atoms. The molecule has 1 aliphatic rings. The van der Waals surface area contributed by atoms with Crippen LogP contribution in [0.3, 0.4) is 0 Å². The summed E-state index contributed by atoms with van der Waals surface area (Å²) < 4.78 is 0. The van der Waals surface area contributed by atoms with Crippen LogP contribution in [0.5, 0.6) is 0 Å². The van der Waals surface area contributed by atoms with Gasteiger partial charge in [0.2, 0.25) is 0 Å². The number of aliphatic hydroxyl groups is 1. The van der Waals surface area contributed by atoms with Crippen molar-refractivity contribution in [2.24, 2.45) is 0 Å². The number of Topliss-reactive ketones (excluding diaryl/α,β-unsaturated/α-hetero) is 1. The van der Waals surface area contributed by atoms with Crippen LogP contribution in [0.15, 0.2) is 47.4 Å². The molecule has 4 nitrogen and oxygen atoms in total. The molecule has 0 aromatic heterocycles. The van der Waals surface area contributed by atoms with Gasteiger partial charge in [-0.3, -0.25) is 9.59 Å². The Kier molecular flexibility index (Phi) is 6.15. The highest BCUT2D eigenvalue weighted by molar-refractivity contribution is 6.22. The van der Waals surface area contributed by atoms with Crippen molar-refractivity contribution in [3.05, 3.63) is 52.9 Å². The molecule has 0 aliphatic carbocycles. The van der Waals surface area contributed by atoms with Crippen molar-refractivity contribution in [3.63, 3.8) is 0 Å². The SMILES string of the molecule is CCCCCCCC(=O)C1=C(O)/C(=C\c2ccccc2)NC1=O. The molecule has 1 aliphatic heterocycles. The quantitative estimate of drug-likeness (QED) is 0.565. The van der Waals surface area contributed by atoms with E-state index < -0.39 is 5.91 Å². The number of hydrogen-bond donors (Lipinski definition) is 2. The van der Waals surface area contributed by atoms with Crippen molar-refractivity contribution in [2.45, 2.75) is 45.4 Å². The number of benzene rings is 1. The van der Waals surface area contributed by atoms with Crippen molar-refractivity contribution in [1.82, 2.24) is 5.32 Å². The summed E-state index contributed by atoms with van der Waals surface area (Å²) in [5.41, 5.74) is 1.03. The Bertz CT molecular complexity index is 629. The molecule has 0 fully saturated rings. The average Bonchev–Trinajstić information content (AvgIpc) is 2.82. The summed E-state index contributed by atoms with van der Waals surface area (Å²) >= 11 is 0. The fourth-order valence-electron chi connectivity index (χ4n) is 2.58. The van der Waals surface area contributed by atoms with E-state index >= 15 is 0 Å². The number of amides is 1. The summed E-state index contributed by atoms with van der Waals surface area (Å²) in [4.78, 5) is 24.2. The highest BCUT2D eigenvalue weighted by Crippen LogP contribution is 2.23. The van der Waals surface area contributed by atoms with Crippen LogP contribution in [0.25, 0.3) is 6.08 Å². The average molecular weight is 313 g/mol. The molecular formula is C19H23NO3. The molecular weight excluding hydrogens is 290 g/mol. The van der Waals surface area contributed by atoms with Gasteiger partial charge in [-0.05, 0) is 18.1 Å². The zero-order valence-electron chi connectivity index (χ0n) is 13.5. The first-order valence-electron chi connectivity index (χ1n) is 8.18. The normalized spacial score (nSPS) is 16.0. The second kappa shape index (κ2) is 8.32. The van der Waals surface area contributed by atoms with E-state index in [1.165, 1.54) is 0 Å². The molecule has 1 heterocycles. The van der Waals surface area contributed by atoms with Gasteiger partial charge in [-0.25, -0.2) is 0 Å². The summed E-state index contributed by atoms with van der Waals surface area (Å²) in [5.74, 6) is -1.03. The molecule has 1 aromatic rings. The lowest BCUT2D eigenvalue weighted by molar-refractivity contribution is -0.121. The van der Waals surface area contributed by atoms with Crippen LogP contribution in [0.1, 0.15) is 51.0 Å². The first kappa shape index (κ1) is 17.0. The zero-order valence-corrected chi connectivity index (χ0v) is 13.5. The summed E-state index contributed by atoms with van der Waals surface area (Å²) in [6, 6.07) is 9.34. The van der Waals surface area contributed by atoms with Gasteiger partial charge in [0.25, 0.3) is 5.91 Å². The van der Waals surface area contributed by atoms with Gasteiger partial charge in [-0.1, -0.05) is 62.9 Å². The fraction of sp³-hybridized carbons (Fsp3) is 0.368. The molecule has 0 saturated heterocycles. The Morgan fingerprint density at radius 1 is 1.13 bits per heavy atom. The molecule has 0 saturated carbocycles. The van der Waals surface area contributed by atoms with E-state index in [2.05, 4.69) is 12.2 Å². The zero-order chi connectivity index (χ0) is 16.7. The predicted molar refractivity (Wildman–Crippen MR) is 90.6 cm³/mol. The minimum absolute atomic E-state index is 0.109. The van der Waals surface area contributed by atoms with Gasteiger partial charge in [0.1, 0.15) is 5.57 Å². The Morgan fingerprint density at radius 2 is 1.83 bits per heavy atom. The lowest BCUT2D eigenvalue weighted by Crippen LogP contribution is -2.20. The number of rotatable bonds is 8. The molecule has 0 radical (unpaired) electrons. The number of hydrogen-bond acceptors (Lipinski definition) is 3. The molecule has 1 aromatic carbocycles. The molecule has 4 heteroatoms. The van der Waals surface area contributed by atoms with Gasteiger partial charge in [0.15, 0.2) is 11.5 Å². The Balaban J connectivity index is 2.04. The second-order valence-corrected chi connectivity index (χ2v) is 5.73. The van der Waals surface area contributed by atoms with Crippen molar-refractivity contribution in [3.8, 4) is 0 Å². The molecule has 122 valence electrons. The van der Waals surface area contributed by atoms with Crippen molar-refractivity contribution < 1.29 is 14.7 Å². The maximum Gasteiger partial charge on any atom is 0.263 e. The van der Waals surface area contributed by atoms with Gasteiger partial charge in [-0.15, -0.1) is 0 Å². The van der Waals surface area contributed by atoms with Crippen LogP contribution >= 0.6 is 0 Å². The third-order valence-electron chi connectivity index (χ3n) is 3.86. The highest BCUT2D eigenvalue weighted by atomic mass is 16.3. The second-order valence-electron chi connectivity index (χ2n) is 5.73. The standard InChI is InChI=1S/C19H23NO3/c1-2-3-4-5-9-12-16(21)17-18(22)15(20-19(17)23)13-14-10-7-6-8-11-14/h6-8,10-11,13,22H,2-5,9,12H2,1H3,(H,20,23)/b15-13+. The van der Waals surface area contributed by atoms with Crippen LogP contribution in [0, 0.1) is 0 Å². The first-order chi connectivity index (χ1) is 11.1. The highest BCUT2D eigenvalue weighted by Gasteiger charge is 2.31. The summed E-state index contributed by atoms with van der Waals surface area (Å²) in [7, 11) is 0. The Hall–Kier alpha value is -2.36. The Morgan fingerprint density at radius 3 is 2.52 bits per heavy atom. The molecule has 0 bridgehead atoms. The number of carbonyl (C=O) groups is 2. The lowest BCUT2D eigenvalue weighted by atomic mass is 10.0. The summed E-state index contributed by atoms with van der Waals surface area (Å²) in [6.07, 6.45) is 7.09. The number of carbonyl (C=O) groups excluding carboxylic acids is 2. The van der Waals surface area contributed by atoms with Crippen molar-refractivity contribution in [1.29, 1.82) is 0 Å². The van der Waals surface area contributed by atoms with Crippen LogP contribution in [-0.2, 0) is 9.59 Å². The van der Waals surface area contributed by atoms with Gasteiger partial charge < -0.3 is 10.4 Å². The van der Waals surface area contributed by atoms with Crippen molar-refractivity contribution >= 4 is 17.8 Å². The van der Waals surface area contributed by atoms with Gasteiger partial charge in [0.05, 0.1) is 5.70 Å². The number of ketones is 1. The molecule has 1 amide bonds. The first-order valence-corrected chi connectivity index (χ1v) is 8.18. The van der Waals surface area contributed by atoms with Crippen LogP contribution < -0.4 is 5.32 Å². The number of unbranched alkanes of at least 4 members (excludes halogenated alkanes) is 4.